The predicted molar refractivity (Wildman–Crippen MR) is 103 cm³/mol. The Morgan fingerprint density at radius 3 is 2.93 bits per heavy atom. The van der Waals surface area contributed by atoms with Gasteiger partial charge in [0.15, 0.2) is 11.7 Å². The highest BCUT2D eigenvalue weighted by Crippen LogP contribution is 2.36. The van der Waals surface area contributed by atoms with E-state index in [1.807, 2.05) is 24.9 Å². The number of rotatable bonds is 4. The molecule has 3 heterocycles. The van der Waals surface area contributed by atoms with E-state index in [4.69, 9.17) is 4.52 Å². The van der Waals surface area contributed by atoms with Gasteiger partial charge in [-0.25, -0.2) is 0 Å². The van der Waals surface area contributed by atoms with E-state index in [0.717, 1.165) is 12.8 Å². The first-order valence-corrected chi connectivity index (χ1v) is 10.1. The Bertz CT molecular complexity index is 959. The molecule has 0 spiro atoms. The highest BCUT2D eigenvalue weighted by atomic mass is 35.5. The normalized spacial score (nSPS) is 21.5. The fourth-order valence-corrected chi connectivity index (χ4v) is 4.65. The number of hydrogen-bond donors (Lipinski definition) is 1. The summed E-state index contributed by atoms with van der Waals surface area (Å²) in [6, 6.07) is 7.02. The van der Waals surface area contributed by atoms with E-state index in [9.17, 15) is 8.42 Å². The zero-order chi connectivity index (χ0) is 18.3. The monoisotopic (exact) mass is 411 g/mol. The van der Waals surface area contributed by atoms with Crippen LogP contribution in [0.15, 0.2) is 38.1 Å². The van der Waals surface area contributed by atoms with Crippen molar-refractivity contribution in [3.8, 4) is 0 Å². The molecule has 1 aromatic heterocycles. The second kappa shape index (κ2) is 7.57. The Labute approximate surface area is 164 Å². The smallest absolute Gasteiger partial charge is 0.285 e. The van der Waals surface area contributed by atoms with Gasteiger partial charge in [-0.3, -0.25) is 0 Å². The van der Waals surface area contributed by atoms with E-state index in [0.29, 0.717) is 36.1 Å². The van der Waals surface area contributed by atoms with Crippen molar-refractivity contribution in [3.63, 3.8) is 0 Å². The van der Waals surface area contributed by atoms with Crippen molar-refractivity contribution in [2.24, 2.45) is 4.40 Å². The van der Waals surface area contributed by atoms with Gasteiger partial charge < -0.3 is 14.7 Å². The fraction of sp³-hybridized carbons (Fsp3) is 0.471. The number of likely N-dealkylation sites (N-methyl/N-ethyl adjacent to an activating group) is 1. The lowest BCUT2D eigenvalue weighted by Gasteiger charge is -2.23. The molecule has 0 amide bonds. The standard InChI is InChI=1S/C17H21N5O3S.ClH/c1-11(18-2)10-15-19-17(25-20-15)13-7-5-9-22(13)16-12-6-3-4-8-14(12)26(23,24)21-16;/h3-4,6,8,11,13,18H,5,7,9-10H2,1-2H3;1H. The Kier molecular flexibility index (Phi) is 5.55. The van der Waals surface area contributed by atoms with Crippen LogP contribution in [-0.4, -0.2) is 48.9 Å². The molecule has 2 aliphatic rings. The van der Waals surface area contributed by atoms with Crippen LogP contribution in [0, 0.1) is 0 Å². The van der Waals surface area contributed by atoms with Crippen LogP contribution in [0.2, 0.25) is 0 Å². The van der Waals surface area contributed by atoms with E-state index in [-0.39, 0.29) is 29.4 Å². The van der Waals surface area contributed by atoms with Gasteiger partial charge in [-0.05, 0) is 38.9 Å². The van der Waals surface area contributed by atoms with Crippen molar-refractivity contribution in [3.05, 3.63) is 41.5 Å². The SMILES string of the molecule is CNC(C)Cc1noc(C2CCCN2C2=NS(=O)(=O)c3ccccc32)n1.Cl. The maximum absolute atomic E-state index is 12.3. The minimum Gasteiger partial charge on any atom is -0.343 e. The van der Waals surface area contributed by atoms with Gasteiger partial charge in [-0.1, -0.05) is 17.3 Å². The summed E-state index contributed by atoms with van der Waals surface area (Å²) in [5, 5.41) is 7.22. The van der Waals surface area contributed by atoms with E-state index < -0.39 is 10.0 Å². The molecule has 0 radical (unpaired) electrons. The second-order valence-electron chi connectivity index (χ2n) is 6.68. The zero-order valence-electron chi connectivity index (χ0n) is 15.1. The van der Waals surface area contributed by atoms with Crippen molar-refractivity contribution < 1.29 is 12.9 Å². The third kappa shape index (κ3) is 3.59. The lowest BCUT2D eigenvalue weighted by atomic mass is 10.1. The van der Waals surface area contributed by atoms with Crippen LogP contribution in [-0.2, 0) is 16.4 Å². The van der Waals surface area contributed by atoms with Crippen LogP contribution >= 0.6 is 12.4 Å². The molecule has 0 bridgehead atoms. The van der Waals surface area contributed by atoms with Crippen LogP contribution in [0.3, 0.4) is 0 Å². The molecule has 1 N–H and O–H groups in total. The summed E-state index contributed by atoms with van der Waals surface area (Å²) in [5.74, 6) is 1.65. The summed E-state index contributed by atoms with van der Waals surface area (Å²) in [6.07, 6.45) is 2.41. The Morgan fingerprint density at radius 2 is 2.15 bits per heavy atom. The molecule has 2 aromatic rings. The lowest BCUT2D eigenvalue weighted by Crippen LogP contribution is -2.30. The van der Waals surface area contributed by atoms with E-state index in [1.165, 1.54) is 0 Å². The van der Waals surface area contributed by atoms with Crippen molar-refractivity contribution in [2.45, 2.75) is 43.2 Å². The summed E-state index contributed by atoms with van der Waals surface area (Å²) >= 11 is 0. The van der Waals surface area contributed by atoms with Gasteiger partial charge in [-0.15, -0.1) is 16.8 Å². The summed E-state index contributed by atoms with van der Waals surface area (Å²) in [5.41, 5.74) is 0.642. The van der Waals surface area contributed by atoms with Crippen LogP contribution in [0.5, 0.6) is 0 Å². The topological polar surface area (TPSA) is 101 Å². The van der Waals surface area contributed by atoms with Gasteiger partial charge in [0.2, 0.25) is 5.89 Å². The average Bonchev–Trinajstić information content (AvgIpc) is 3.33. The zero-order valence-corrected chi connectivity index (χ0v) is 16.8. The molecule has 0 saturated carbocycles. The summed E-state index contributed by atoms with van der Waals surface area (Å²) < 4.78 is 34.2. The third-order valence-electron chi connectivity index (χ3n) is 4.89. The molecule has 1 saturated heterocycles. The largest absolute Gasteiger partial charge is 0.343 e. The molecule has 8 nitrogen and oxygen atoms in total. The quantitative estimate of drug-likeness (QED) is 0.820. The van der Waals surface area contributed by atoms with Crippen LogP contribution in [0.1, 0.15) is 43.1 Å². The van der Waals surface area contributed by atoms with E-state index in [1.54, 1.807) is 18.2 Å². The van der Waals surface area contributed by atoms with Gasteiger partial charge in [0, 0.05) is 24.6 Å². The maximum Gasteiger partial charge on any atom is 0.285 e. The molecule has 2 aliphatic heterocycles. The van der Waals surface area contributed by atoms with Crippen LogP contribution in [0.4, 0.5) is 0 Å². The summed E-state index contributed by atoms with van der Waals surface area (Å²) in [4.78, 5) is 6.76. The third-order valence-corrected chi connectivity index (χ3v) is 6.21. The van der Waals surface area contributed by atoms with Crippen molar-refractivity contribution in [1.82, 2.24) is 20.4 Å². The Morgan fingerprint density at radius 1 is 1.37 bits per heavy atom. The molecular formula is C17H22ClN5O3S. The molecular weight excluding hydrogens is 390 g/mol. The molecule has 2 unspecified atom stereocenters. The number of hydrogen-bond acceptors (Lipinski definition) is 7. The molecule has 4 rings (SSSR count). The second-order valence-corrected chi connectivity index (χ2v) is 8.25. The van der Waals surface area contributed by atoms with Gasteiger partial charge >= 0.3 is 0 Å². The number of halogens is 1. The number of amidine groups is 1. The van der Waals surface area contributed by atoms with Gasteiger partial charge in [-0.2, -0.15) is 13.4 Å². The van der Waals surface area contributed by atoms with Gasteiger partial charge in [0.05, 0.1) is 0 Å². The fourth-order valence-electron chi connectivity index (χ4n) is 3.43. The average molecular weight is 412 g/mol. The number of nitrogens with one attached hydrogen (secondary N) is 1. The van der Waals surface area contributed by atoms with Crippen molar-refractivity contribution >= 4 is 28.3 Å². The number of aromatic nitrogens is 2. The van der Waals surface area contributed by atoms with Gasteiger partial charge in [0.1, 0.15) is 10.9 Å². The minimum absolute atomic E-state index is 0. The number of fused-ring (bicyclic) bond motifs is 1. The molecule has 2 atom stereocenters. The number of sulfonamides is 1. The minimum atomic E-state index is -3.64. The highest BCUT2D eigenvalue weighted by Gasteiger charge is 2.39. The van der Waals surface area contributed by atoms with Gasteiger partial charge in [0.25, 0.3) is 10.0 Å². The molecule has 146 valence electrons. The molecule has 0 aliphatic carbocycles. The first-order chi connectivity index (χ1) is 12.5. The molecule has 10 heteroatoms. The number of likely N-dealkylation sites (tertiary alicyclic amines) is 1. The van der Waals surface area contributed by atoms with E-state index >= 15 is 0 Å². The number of nitrogens with zero attached hydrogens (tertiary/aromatic N) is 4. The predicted octanol–water partition coefficient (Wildman–Crippen LogP) is 1.93. The van der Waals surface area contributed by atoms with Crippen molar-refractivity contribution in [1.29, 1.82) is 0 Å². The molecule has 1 aromatic carbocycles. The molecule has 1 fully saturated rings. The van der Waals surface area contributed by atoms with Crippen molar-refractivity contribution in [2.75, 3.05) is 13.6 Å². The lowest BCUT2D eigenvalue weighted by molar-refractivity contribution is 0.284. The number of benzene rings is 1. The summed E-state index contributed by atoms with van der Waals surface area (Å²) in [7, 11) is -1.75. The summed E-state index contributed by atoms with van der Waals surface area (Å²) in [6.45, 7) is 2.75. The first-order valence-electron chi connectivity index (χ1n) is 8.70. The Balaban J connectivity index is 0.00000210. The molecule has 27 heavy (non-hydrogen) atoms. The van der Waals surface area contributed by atoms with Crippen LogP contribution < -0.4 is 5.32 Å². The Hall–Kier alpha value is -1.97. The van der Waals surface area contributed by atoms with Crippen LogP contribution in [0.25, 0.3) is 0 Å². The highest BCUT2D eigenvalue weighted by molar-refractivity contribution is 7.90. The maximum atomic E-state index is 12.3. The first kappa shape index (κ1) is 19.8. The van der Waals surface area contributed by atoms with E-state index in [2.05, 4.69) is 19.9 Å².